The first-order valence-electron chi connectivity index (χ1n) is 11.2. The molecule has 4 rings (SSSR count). The number of hydrogen-bond acceptors (Lipinski definition) is 3. The van der Waals surface area contributed by atoms with Crippen molar-refractivity contribution in [3.05, 3.63) is 67.0 Å². The highest BCUT2D eigenvalue weighted by Gasteiger charge is 2.47. The van der Waals surface area contributed by atoms with E-state index in [2.05, 4.69) is 82.2 Å². The largest absolute Gasteiger partial charge is 0.488 e. The lowest BCUT2D eigenvalue weighted by Gasteiger charge is -2.40. The van der Waals surface area contributed by atoms with Crippen LogP contribution in [0.3, 0.4) is 0 Å². The molecule has 33 heavy (non-hydrogen) atoms. The molecule has 0 bridgehead atoms. The van der Waals surface area contributed by atoms with Crippen molar-refractivity contribution in [2.24, 2.45) is 0 Å². The molecular formula is C25H29BBr2N2O3. The van der Waals surface area contributed by atoms with Gasteiger partial charge in [-0.15, -0.1) is 13.6 Å². The Morgan fingerprint density at radius 3 is 2.42 bits per heavy atom. The SMILES string of the molecule is CC(=O)OCc1ccccc1OCC1=C2C(C)=C(Br)C(C)=[N+]2[B-](C)(C)n2c(C)c(Br)c(C)c21. The molecule has 2 aliphatic heterocycles. The zero-order valence-electron chi connectivity index (χ0n) is 20.2. The maximum atomic E-state index is 11.3. The molecule has 1 aromatic heterocycles. The van der Waals surface area contributed by atoms with Crippen LogP contribution in [0.4, 0.5) is 0 Å². The van der Waals surface area contributed by atoms with Crippen molar-refractivity contribution in [3.63, 3.8) is 0 Å². The highest BCUT2D eigenvalue weighted by molar-refractivity contribution is 9.12. The molecule has 0 aliphatic carbocycles. The molecule has 0 amide bonds. The van der Waals surface area contributed by atoms with E-state index in [1.807, 2.05) is 24.3 Å². The summed E-state index contributed by atoms with van der Waals surface area (Å²) < 4.78 is 18.9. The Hall–Kier alpha value is -2.06. The standard InChI is InChI=1S/C25H29BBr2N2O3/c1-14-22(27)16(3)29-24(14)20(25-15(2)23(28)17(4)30(25)26(29,6)7)13-33-21-11-9-8-10-19(21)12-32-18(5)31/h8-11H,12-13H2,1-7H3. The van der Waals surface area contributed by atoms with Crippen LogP contribution in [0.25, 0.3) is 5.57 Å². The van der Waals surface area contributed by atoms with E-state index in [0.717, 1.165) is 25.8 Å². The Kier molecular flexibility index (Phi) is 6.29. The Bertz CT molecular complexity index is 1280. The van der Waals surface area contributed by atoms with Crippen LogP contribution in [-0.2, 0) is 16.1 Å². The van der Waals surface area contributed by atoms with Crippen molar-refractivity contribution in [2.75, 3.05) is 6.61 Å². The number of hydrogen-bond donors (Lipinski definition) is 0. The fraction of sp³-hybridized carbons (Fsp3) is 0.360. The highest BCUT2D eigenvalue weighted by atomic mass is 79.9. The van der Waals surface area contributed by atoms with Gasteiger partial charge < -0.3 is 18.4 Å². The van der Waals surface area contributed by atoms with Gasteiger partial charge in [-0.25, -0.2) is 0 Å². The first kappa shape index (κ1) is 24.1. The smallest absolute Gasteiger partial charge is 0.373 e. The summed E-state index contributed by atoms with van der Waals surface area (Å²) >= 11 is 7.67. The molecule has 1 aromatic carbocycles. The molecule has 2 aliphatic rings. The third-order valence-electron chi connectivity index (χ3n) is 6.82. The van der Waals surface area contributed by atoms with Crippen molar-refractivity contribution in [3.8, 4) is 5.75 Å². The summed E-state index contributed by atoms with van der Waals surface area (Å²) in [5.74, 6) is 0.415. The minimum Gasteiger partial charge on any atom is -0.488 e. The lowest BCUT2D eigenvalue weighted by atomic mass is 9.48. The van der Waals surface area contributed by atoms with Crippen LogP contribution in [-0.4, -0.2) is 33.7 Å². The Morgan fingerprint density at radius 1 is 1.09 bits per heavy atom. The topological polar surface area (TPSA) is 43.5 Å². The van der Waals surface area contributed by atoms with Crippen LogP contribution in [0.15, 0.2) is 44.5 Å². The number of aromatic nitrogens is 1. The summed E-state index contributed by atoms with van der Waals surface area (Å²) in [6.45, 7) is 15.3. The van der Waals surface area contributed by atoms with E-state index in [9.17, 15) is 4.79 Å². The summed E-state index contributed by atoms with van der Waals surface area (Å²) in [7, 11) is 0. The molecule has 0 atom stereocenters. The first-order chi connectivity index (χ1) is 15.5. The maximum Gasteiger partial charge on any atom is 0.373 e. The van der Waals surface area contributed by atoms with E-state index < -0.39 is 6.42 Å². The molecule has 0 spiro atoms. The van der Waals surface area contributed by atoms with Gasteiger partial charge in [0.1, 0.15) is 24.7 Å². The molecule has 0 unspecified atom stereocenters. The van der Waals surface area contributed by atoms with Crippen molar-refractivity contribution < 1.29 is 18.8 Å². The fourth-order valence-electron chi connectivity index (χ4n) is 5.44. The minimum atomic E-state index is -1.10. The number of benzene rings is 1. The maximum absolute atomic E-state index is 11.3. The van der Waals surface area contributed by atoms with E-state index in [1.165, 1.54) is 40.9 Å². The fourth-order valence-corrected chi connectivity index (χ4v) is 6.20. The Morgan fingerprint density at radius 2 is 1.76 bits per heavy atom. The molecule has 2 aromatic rings. The van der Waals surface area contributed by atoms with Crippen molar-refractivity contribution in [2.45, 2.75) is 54.9 Å². The van der Waals surface area contributed by atoms with Gasteiger partial charge in [-0.1, -0.05) is 18.2 Å². The molecule has 174 valence electrons. The predicted octanol–water partition coefficient (Wildman–Crippen LogP) is 6.44. The van der Waals surface area contributed by atoms with E-state index in [-0.39, 0.29) is 12.6 Å². The lowest BCUT2D eigenvalue weighted by molar-refractivity contribution is -0.336. The monoisotopic (exact) mass is 574 g/mol. The third-order valence-corrected chi connectivity index (χ3v) is 9.16. The van der Waals surface area contributed by atoms with Crippen molar-refractivity contribution in [1.29, 1.82) is 0 Å². The summed E-state index contributed by atoms with van der Waals surface area (Å²) in [5.41, 5.74) is 9.29. The normalized spacial score (nSPS) is 16.9. The number of esters is 1. The van der Waals surface area contributed by atoms with E-state index in [1.54, 1.807) is 0 Å². The second-order valence-electron chi connectivity index (χ2n) is 9.37. The summed E-state index contributed by atoms with van der Waals surface area (Å²) in [6, 6.07) is 7.72. The number of carbonyl (C=O) groups is 1. The number of rotatable bonds is 5. The minimum absolute atomic E-state index is 0.192. The van der Waals surface area contributed by atoms with Crippen LogP contribution in [0.1, 0.15) is 43.3 Å². The Labute approximate surface area is 212 Å². The van der Waals surface area contributed by atoms with Crippen molar-refractivity contribution in [1.82, 2.24) is 4.48 Å². The Balaban J connectivity index is 1.86. The van der Waals surface area contributed by atoms with Crippen LogP contribution in [0.2, 0.25) is 13.6 Å². The summed E-state index contributed by atoms with van der Waals surface area (Å²) in [4.78, 5) is 11.3. The number of halogens is 2. The van der Waals surface area contributed by atoms with Gasteiger partial charge in [0.15, 0.2) is 5.70 Å². The molecule has 5 nitrogen and oxygen atoms in total. The van der Waals surface area contributed by atoms with Gasteiger partial charge in [-0.05, 0) is 70.0 Å². The molecule has 8 heteroatoms. The van der Waals surface area contributed by atoms with Gasteiger partial charge in [-0.2, -0.15) is 0 Å². The quantitative estimate of drug-likeness (QED) is 0.304. The number of para-hydroxylation sites is 1. The van der Waals surface area contributed by atoms with Gasteiger partial charge in [0, 0.05) is 35.2 Å². The van der Waals surface area contributed by atoms with Crippen molar-refractivity contribution >= 4 is 55.5 Å². The van der Waals surface area contributed by atoms with Crippen LogP contribution in [0.5, 0.6) is 5.75 Å². The van der Waals surface area contributed by atoms with Crippen LogP contribution in [0, 0.1) is 13.8 Å². The molecule has 0 fully saturated rings. The number of ether oxygens (including phenoxy) is 2. The number of fused-ring (bicyclic) bond motifs is 2. The van der Waals surface area contributed by atoms with Gasteiger partial charge >= 0.3 is 12.4 Å². The van der Waals surface area contributed by atoms with Gasteiger partial charge in [0.05, 0.1) is 10.1 Å². The number of carbonyl (C=O) groups excluding carboxylic acids is 1. The molecule has 3 heterocycles. The molecule has 0 radical (unpaired) electrons. The lowest BCUT2D eigenvalue weighted by Crippen LogP contribution is -2.53. The second kappa shape index (κ2) is 8.62. The van der Waals surface area contributed by atoms with Crippen LogP contribution >= 0.6 is 31.9 Å². The first-order valence-corrected chi connectivity index (χ1v) is 12.8. The number of nitrogens with zero attached hydrogens (tertiary/aromatic N) is 2. The highest BCUT2D eigenvalue weighted by Crippen LogP contribution is 2.45. The summed E-state index contributed by atoms with van der Waals surface area (Å²) in [5, 5.41) is 0. The van der Waals surface area contributed by atoms with Gasteiger partial charge in [0.2, 0.25) is 0 Å². The van der Waals surface area contributed by atoms with Gasteiger partial charge in [0.25, 0.3) is 0 Å². The van der Waals surface area contributed by atoms with Crippen LogP contribution < -0.4 is 4.74 Å². The summed E-state index contributed by atoms with van der Waals surface area (Å²) in [6.07, 6.45) is -1.10. The molecule has 0 saturated carbocycles. The van der Waals surface area contributed by atoms with Gasteiger partial charge in [-0.3, -0.25) is 4.79 Å². The zero-order valence-corrected chi connectivity index (χ0v) is 23.3. The van der Waals surface area contributed by atoms with E-state index >= 15 is 0 Å². The zero-order chi connectivity index (χ0) is 24.2. The number of allylic oxidation sites excluding steroid dienone is 2. The van der Waals surface area contributed by atoms with E-state index in [0.29, 0.717) is 6.61 Å². The second-order valence-corrected chi connectivity index (χ2v) is 11.0. The average molecular weight is 576 g/mol. The third kappa shape index (κ3) is 3.75. The molecule has 0 N–H and O–H groups in total. The predicted molar refractivity (Wildman–Crippen MR) is 141 cm³/mol. The molecule has 0 saturated heterocycles. The molecular weight excluding hydrogens is 547 g/mol. The van der Waals surface area contributed by atoms with E-state index in [4.69, 9.17) is 9.47 Å². The average Bonchev–Trinajstić information content (AvgIpc) is 3.14.